The summed E-state index contributed by atoms with van der Waals surface area (Å²) in [6.07, 6.45) is 2.14. The molecule has 1 saturated heterocycles. The van der Waals surface area contributed by atoms with Gasteiger partial charge in [-0.05, 0) is 6.42 Å². The molecule has 0 spiro atoms. The number of epoxide rings is 1. The molecule has 2 heteroatoms. The second-order valence-corrected chi connectivity index (χ2v) is 1.96. The van der Waals surface area contributed by atoms with Crippen LogP contribution in [0.25, 0.3) is 0 Å². The lowest BCUT2D eigenvalue weighted by Crippen LogP contribution is -2.12. The van der Waals surface area contributed by atoms with Crippen molar-refractivity contribution in [3.05, 3.63) is 12.7 Å². The third-order valence-corrected chi connectivity index (χ3v) is 1.20. The van der Waals surface area contributed by atoms with Crippen LogP contribution in [0.1, 0.15) is 6.42 Å². The van der Waals surface area contributed by atoms with E-state index in [9.17, 15) is 0 Å². The van der Waals surface area contributed by atoms with Crippen LogP contribution in [-0.2, 0) is 4.74 Å². The van der Waals surface area contributed by atoms with E-state index in [4.69, 9.17) is 9.84 Å². The van der Waals surface area contributed by atoms with Crippen molar-refractivity contribution in [2.75, 3.05) is 6.61 Å². The minimum absolute atomic E-state index is 0.105. The number of hydrogen-bond acceptors (Lipinski definition) is 2. The van der Waals surface area contributed by atoms with Gasteiger partial charge in [-0.1, -0.05) is 6.08 Å². The van der Waals surface area contributed by atoms with Crippen molar-refractivity contribution in [1.82, 2.24) is 0 Å². The van der Waals surface area contributed by atoms with E-state index in [1.54, 1.807) is 6.08 Å². The van der Waals surface area contributed by atoms with Gasteiger partial charge in [-0.2, -0.15) is 0 Å². The molecule has 0 amide bonds. The Morgan fingerprint density at radius 3 is 3.00 bits per heavy atom. The van der Waals surface area contributed by atoms with Gasteiger partial charge in [0.25, 0.3) is 0 Å². The molecule has 0 aromatic rings. The lowest BCUT2D eigenvalue weighted by atomic mass is 10.2. The Labute approximate surface area is 48.8 Å². The molecule has 0 aromatic carbocycles. The Morgan fingerprint density at radius 2 is 2.62 bits per heavy atom. The van der Waals surface area contributed by atoms with Crippen LogP contribution in [0, 0.1) is 0 Å². The quantitative estimate of drug-likeness (QED) is 0.423. The SMILES string of the molecule is C=CC[C@@H](O)[C@@H]1CO1. The molecule has 0 aromatic heterocycles. The van der Waals surface area contributed by atoms with Crippen molar-refractivity contribution in [2.24, 2.45) is 0 Å². The van der Waals surface area contributed by atoms with E-state index >= 15 is 0 Å². The van der Waals surface area contributed by atoms with Gasteiger partial charge < -0.3 is 9.84 Å². The van der Waals surface area contributed by atoms with Crippen molar-refractivity contribution in [2.45, 2.75) is 18.6 Å². The Bertz CT molecular complexity index is 86.5. The highest BCUT2D eigenvalue weighted by Crippen LogP contribution is 2.15. The fourth-order valence-electron chi connectivity index (χ4n) is 0.600. The Hall–Kier alpha value is -0.340. The first-order valence-electron chi connectivity index (χ1n) is 2.75. The molecule has 1 heterocycles. The predicted octanol–water partition coefficient (Wildman–Crippen LogP) is 0.322. The van der Waals surface area contributed by atoms with E-state index in [2.05, 4.69) is 6.58 Å². The van der Waals surface area contributed by atoms with Crippen LogP contribution in [0.15, 0.2) is 12.7 Å². The molecule has 0 saturated carbocycles. The van der Waals surface area contributed by atoms with Crippen LogP contribution in [-0.4, -0.2) is 23.9 Å². The zero-order valence-corrected chi connectivity index (χ0v) is 4.71. The molecule has 1 N–H and O–H groups in total. The third kappa shape index (κ3) is 1.32. The summed E-state index contributed by atoms with van der Waals surface area (Å²) in [6, 6.07) is 0. The number of ether oxygens (including phenoxy) is 1. The average molecular weight is 114 g/mol. The lowest BCUT2D eigenvalue weighted by Gasteiger charge is -1.99. The highest BCUT2D eigenvalue weighted by molar-refractivity contribution is 4.83. The Kier molecular flexibility index (Phi) is 1.65. The predicted molar refractivity (Wildman–Crippen MR) is 30.6 cm³/mol. The minimum Gasteiger partial charge on any atom is -0.390 e. The van der Waals surface area contributed by atoms with Crippen molar-refractivity contribution in [1.29, 1.82) is 0 Å². The molecule has 0 unspecified atom stereocenters. The van der Waals surface area contributed by atoms with Crippen molar-refractivity contribution < 1.29 is 9.84 Å². The molecular weight excluding hydrogens is 104 g/mol. The van der Waals surface area contributed by atoms with E-state index in [0.717, 1.165) is 6.61 Å². The van der Waals surface area contributed by atoms with Crippen molar-refractivity contribution in [3.63, 3.8) is 0 Å². The highest BCUT2D eigenvalue weighted by Gasteiger charge is 2.29. The largest absolute Gasteiger partial charge is 0.390 e. The molecule has 8 heavy (non-hydrogen) atoms. The summed E-state index contributed by atoms with van der Waals surface area (Å²) in [4.78, 5) is 0. The zero-order chi connectivity index (χ0) is 5.98. The fraction of sp³-hybridized carbons (Fsp3) is 0.667. The van der Waals surface area contributed by atoms with Gasteiger partial charge in [-0.25, -0.2) is 0 Å². The first-order chi connectivity index (χ1) is 3.84. The summed E-state index contributed by atoms with van der Waals surface area (Å²) in [5, 5.41) is 8.99. The first-order valence-corrected chi connectivity index (χ1v) is 2.75. The summed E-state index contributed by atoms with van der Waals surface area (Å²) in [5.41, 5.74) is 0. The molecule has 0 aliphatic carbocycles. The highest BCUT2D eigenvalue weighted by atomic mass is 16.6. The van der Waals surface area contributed by atoms with E-state index in [-0.39, 0.29) is 12.2 Å². The van der Waals surface area contributed by atoms with Crippen LogP contribution >= 0.6 is 0 Å². The van der Waals surface area contributed by atoms with Gasteiger partial charge in [0.2, 0.25) is 0 Å². The summed E-state index contributed by atoms with van der Waals surface area (Å²) < 4.78 is 4.83. The molecule has 2 atom stereocenters. The third-order valence-electron chi connectivity index (χ3n) is 1.20. The van der Waals surface area contributed by atoms with Crippen molar-refractivity contribution in [3.8, 4) is 0 Å². The molecular formula is C6H10O2. The van der Waals surface area contributed by atoms with Gasteiger partial charge in [0, 0.05) is 0 Å². The Morgan fingerprint density at radius 1 is 2.00 bits per heavy atom. The smallest absolute Gasteiger partial charge is 0.107 e. The molecule has 1 fully saturated rings. The van der Waals surface area contributed by atoms with Gasteiger partial charge in [-0.3, -0.25) is 0 Å². The fourth-order valence-corrected chi connectivity index (χ4v) is 0.600. The summed E-state index contributed by atoms with van der Waals surface area (Å²) in [7, 11) is 0. The van der Waals surface area contributed by atoms with E-state index in [0.29, 0.717) is 6.42 Å². The van der Waals surface area contributed by atoms with Gasteiger partial charge in [-0.15, -0.1) is 6.58 Å². The summed E-state index contributed by atoms with van der Waals surface area (Å²) in [5.74, 6) is 0. The van der Waals surface area contributed by atoms with Crippen LogP contribution in [0.4, 0.5) is 0 Å². The average Bonchev–Trinajstić information content (AvgIpc) is 2.45. The summed E-state index contributed by atoms with van der Waals surface area (Å²) in [6.45, 7) is 4.21. The summed E-state index contributed by atoms with van der Waals surface area (Å²) >= 11 is 0. The first kappa shape index (κ1) is 5.79. The van der Waals surface area contributed by atoms with Gasteiger partial charge in [0.1, 0.15) is 6.10 Å². The van der Waals surface area contributed by atoms with Gasteiger partial charge in [0.05, 0.1) is 12.7 Å². The topological polar surface area (TPSA) is 32.8 Å². The maximum Gasteiger partial charge on any atom is 0.107 e. The number of hydrogen-bond donors (Lipinski definition) is 1. The van der Waals surface area contributed by atoms with E-state index < -0.39 is 0 Å². The lowest BCUT2D eigenvalue weighted by molar-refractivity contribution is 0.138. The molecule has 0 bridgehead atoms. The minimum atomic E-state index is -0.313. The van der Waals surface area contributed by atoms with Crippen LogP contribution in [0.5, 0.6) is 0 Å². The van der Waals surface area contributed by atoms with Crippen LogP contribution in [0.2, 0.25) is 0 Å². The molecule has 1 aliphatic heterocycles. The van der Waals surface area contributed by atoms with Gasteiger partial charge >= 0.3 is 0 Å². The molecule has 46 valence electrons. The molecule has 0 radical (unpaired) electrons. The van der Waals surface area contributed by atoms with Crippen molar-refractivity contribution >= 4 is 0 Å². The van der Waals surface area contributed by atoms with E-state index in [1.165, 1.54) is 0 Å². The second kappa shape index (κ2) is 2.29. The molecule has 1 rings (SSSR count). The Balaban J connectivity index is 2.12. The zero-order valence-electron chi connectivity index (χ0n) is 4.71. The van der Waals surface area contributed by atoms with Crippen LogP contribution in [0.3, 0.4) is 0 Å². The van der Waals surface area contributed by atoms with E-state index in [1.807, 2.05) is 0 Å². The number of rotatable bonds is 3. The molecule has 2 nitrogen and oxygen atoms in total. The monoisotopic (exact) mass is 114 g/mol. The standard InChI is InChI=1S/C6H10O2/c1-2-3-5(7)6-4-8-6/h2,5-7H,1,3-4H2/t5-,6+/m1/s1. The normalized spacial score (nSPS) is 29.4. The van der Waals surface area contributed by atoms with Crippen LogP contribution < -0.4 is 0 Å². The number of aliphatic hydroxyl groups excluding tert-OH is 1. The molecule has 1 aliphatic rings. The second-order valence-electron chi connectivity index (χ2n) is 1.96. The number of aliphatic hydroxyl groups is 1. The maximum absolute atomic E-state index is 8.99. The van der Waals surface area contributed by atoms with Gasteiger partial charge in [0.15, 0.2) is 0 Å². The maximum atomic E-state index is 8.99.